The van der Waals surface area contributed by atoms with Crippen LogP contribution in [0.3, 0.4) is 0 Å². The Morgan fingerprint density at radius 3 is 2.75 bits per heavy atom. The third-order valence-corrected chi connectivity index (χ3v) is 4.98. The minimum absolute atomic E-state index is 0.105. The Kier molecular flexibility index (Phi) is 4.87. The van der Waals surface area contributed by atoms with Crippen molar-refractivity contribution in [2.75, 3.05) is 6.54 Å². The van der Waals surface area contributed by atoms with E-state index in [2.05, 4.69) is 15.5 Å². The second-order valence-electron chi connectivity index (χ2n) is 7.10. The lowest BCUT2D eigenvalue weighted by molar-refractivity contribution is -0.153. The molecule has 2 fully saturated rings. The highest BCUT2D eigenvalue weighted by atomic mass is 16.6. The Balaban J connectivity index is 1.54. The molecular formula is C17H25N3O4. The number of hydrogen-bond acceptors (Lipinski definition) is 6. The van der Waals surface area contributed by atoms with Gasteiger partial charge in [0.05, 0.1) is 12.3 Å². The number of esters is 1. The van der Waals surface area contributed by atoms with E-state index in [4.69, 9.17) is 9.26 Å². The smallest absolute Gasteiger partial charge is 0.307 e. The van der Waals surface area contributed by atoms with Gasteiger partial charge in [0.1, 0.15) is 5.60 Å². The molecule has 1 amide bonds. The van der Waals surface area contributed by atoms with Crippen molar-refractivity contribution in [1.82, 2.24) is 15.5 Å². The maximum atomic E-state index is 12.6. The van der Waals surface area contributed by atoms with Crippen LogP contribution in [-0.4, -0.2) is 34.2 Å². The van der Waals surface area contributed by atoms with Crippen molar-refractivity contribution in [3.8, 4) is 0 Å². The van der Waals surface area contributed by atoms with Crippen molar-refractivity contribution in [2.45, 2.75) is 70.3 Å². The minimum atomic E-state index is -0.575. The van der Waals surface area contributed by atoms with E-state index in [1.807, 2.05) is 13.8 Å². The van der Waals surface area contributed by atoms with Crippen molar-refractivity contribution < 1.29 is 18.8 Å². The highest BCUT2D eigenvalue weighted by Gasteiger charge is 2.52. The third kappa shape index (κ3) is 3.44. The molecule has 0 aromatic carbocycles. The molecule has 1 atom stereocenters. The summed E-state index contributed by atoms with van der Waals surface area (Å²) in [7, 11) is 0. The zero-order chi connectivity index (χ0) is 17.2. The van der Waals surface area contributed by atoms with Gasteiger partial charge in [0.2, 0.25) is 11.8 Å². The summed E-state index contributed by atoms with van der Waals surface area (Å²) in [5, 5.41) is 6.81. The number of nitrogens with one attached hydrogen (secondary N) is 1. The number of ether oxygens (including phenoxy) is 1. The molecule has 1 unspecified atom stereocenters. The van der Waals surface area contributed by atoms with E-state index < -0.39 is 5.60 Å². The fourth-order valence-electron chi connectivity index (χ4n) is 3.64. The highest BCUT2D eigenvalue weighted by molar-refractivity contribution is 5.87. The first kappa shape index (κ1) is 16.9. The maximum Gasteiger partial charge on any atom is 0.307 e. The Morgan fingerprint density at radius 1 is 1.33 bits per heavy atom. The fourth-order valence-corrected chi connectivity index (χ4v) is 3.64. The molecule has 24 heavy (non-hydrogen) atoms. The van der Waals surface area contributed by atoms with Crippen molar-refractivity contribution in [1.29, 1.82) is 0 Å². The lowest BCUT2D eigenvalue weighted by Gasteiger charge is -2.36. The van der Waals surface area contributed by atoms with Gasteiger partial charge in [-0.15, -0.1) is 0 Å². The van der Waals surface area contributed by atoms with E-state index in [-0.39, 0.29) is 30.1 Å². The van der Waals surface area contributed by atoms with Crippen LogP contribution in [0, 0.1) is 5.92 Å². The first-order valence-electron chi connectivity index (χ1n) is 8.82. The van der Waals surface area contributed by atoms with Gasteiger partial charge in [0.15, 0.2) is 5.82 Å². The molecule has 3 rings (SSSR count). The van der Waals surface area contributed by atoms with Gasteiger partial charge in [-0.3, -0.25) is 9.59 Å². The molecule has 0 radical (unpaired) electrons. The van der Waals surface area contributed by atoms with Crippen LogP contribution in [0.25, 0.3) is 0 Å². The Labute approximate surface area is 141 Å². The molecule has 2 aliphatic rings. The maximum absolute atomic E-state index is 12.6. The second kappa shape index (κ2) is 6.91. The standard InChI is InChI=1S/C17H25N3O4/c1-11(2)15-19-13(24-20-15)6-9-18-16(22)12-10-14(21)23-17(12)7-4-3-5-8-17/h11-12H,3-10H2,1-2H3,(H,18,22). The molecule has 132 valence electrons. The largest absolute Gasteiger partial charge is 0.458 e. The molecular weight excluding hydrogens is 310 g/mol. The van der Waals surface area contributed by atoms with Crippen LogP contribution in [0.5, 0.6) is 0 Å². The van der Waals surface area contributed by atoms with Gasteiger partial charge in [-0.1, -0.05) is 25.4 Å². The third-order valence-electron chi connectivity index (χ3n) is 4.98. The van der Waals surface area contributed by atoms with E-state index in [9.17, 15) is 9.59 Å². The molecule has 1 aromatic heterocycles. The number of aromatic nitrogens is 2. The van der Waals surface area contributed by atoms with Gasteiger partial charge in [-0.05, 0) is 25.7 Å². The van der Waals surface area contributed by atoms with Gasteiger partial charge >= 0.3 is 5.97 Å². The summed E-state index contributed by atoms with van der Waals surface area (Å²) in [5.41, 5.74) is -0.575. The summed E-state index contributed by atoms with van der Waals surface area (Å²) in [6, 6.07) is 0. The van der Waals surface area contributed by atoms with Crippen LogP contribution < -0.4 is 5.32 Å². The summed E-state index contributed by atoms with van der Waals surface area (Å²) in [5.74, 6) is 0.670. The van der Waals surface area contributed by atoms with Crippen molar-refractivity contribution in [3.05, 3.63) is 11.7 Å². The fraction of sp³-hybridized carbons (Fsp3) is 0.765. The lowest BCUT2D eigenvalue weighted by atomic mass is 9.75. The Morgan fingerprint density at radius 2 is 2.08 bits per heavy atom. The molecule has 7 nitrogen and oxygen atoms in total. The molecule has 1 aliphatic heterocycles. The average Bonchev–Trinajstić information content (AvgIpc) is 3.13. The summed E-state index contributed by atoms with van der Waals surface area (Å²) in [6.07, 6.45) is 5.41. The van der Waals surface area contributed by atoms with Crippen LogP contribution in [0.1, 0.15) is 70.0 Å². The van der Waals surface area contributed by atoms with Crippen LogP contribution in [0.4, 0.5) is 0 Å². The van der Waals surface area contributed by atoms with Gasteiger partial charge in [0, 0.05) is 18.9 Å². The average molecular weight is 335 g/mol. The van der Waals surface area contributed by atoms with E-state index in [1.165, 1.54) is 0 Å². The molecule has 1 saturated heterocycles. The Hall–Kier alpha value is -1.92. The number of amides is 1. The summed E-state index contributed by atoms with van der Waals surface area (Å²) >= 11 is 0. The number of nitrogens with zero attached hydrogens (tertiary/aromatic N) is 2. The van der Waals surface area contributed by atoms with E-state index in [1.54, 1.807) is 0 Å². The minimum Gasteiger partial charge on any atom is -0.458 e. The summed E-state index contributed by atoms with van der Waals surface area (Å²) in [6.45, 7) is 4.41. The molecule has 7 heteroatoms. The molecule has 1 saturated carbocycles. The molecule has 1 spiro atoms. The van der Waals surface area contributed by atoms with Crippen LogP contribution >= 0.6 is 0 Å². The van der Waals surface area contributed by atoms with E-state index >= 15 is 0 Å². The van der Waals surface area contributed by atoms with E-state index in [0.29, 0.717) is 24.7 Å². The molecule has 0 bridgehead atoms. The Bertz CT molecular complexity index is 605. The normalized spacial score (nSPS) is 22.8. The molecule has 1 aromatic rings. The molecule has 1 N–H and O–H groups in total. The first-order valence-corrected chi connectivity index (χ1v) is 8.82. The topological polar surface area (TPSA) is 94.3 Å². The quantitative estimate of drug-likeness (QED) is 0.828. The van der Waals surface area contributed by atoms with E-state index in [0.717, 1.165) is 32.1 Å². The lowest BCUT2D eigenvalue weighted by Crippen LogP contribution is -2.46. The van der Waals surface area contributed by atoms with Crippen LogP contribution in [0.15, 0.2) is 4.52 Å². The van der Waals surface area contributed by atoms with Gasteiger partial charge in [0.25, 0.3) is 0 Å². The molecule has 2 heterocycles. The number of rotatable bonds is 5. The SMILES string of the molecule is CC(C)c1noc(CCNC(=O)C2CC(=O)OC23CCCCC3)n1. The zero-order valence-electron chi connectivity index (χ0n) is 14.3. The van der Waals surface area contributed by atoms with Crippen molar-refractivity contribution >= 4 is 11.9 Å². The number of carbonyl (C=O) groups is 2. The van der Waals surface area contributed by atoms with Crippen molar-refractivity contribution in [2.24, 2.45) is 5.92 Å². The predicted octanol–water partition coefficient (Wildman–Crippen LogP) is 2.12. The number of hydrogen-bond donors (Lipinski definition) is 1. The number of carbonyl (C=O) groups excluding carboxylic acids is 2. The van der Waals surface area contributed by atoms with Gasteiger partial charge in [-0.2, -0.15) is 4.98 Å². The summed E-state index contributed by atoms with van der Waals surface area (Å²) < 4.78 is 10.7. The first-order chi connectivity index (χ1) is 11.5. The molecule has 1 aliphatic carbocycles. The summed E-state index contributed by atoms with van der Waals surface area (Å²) in [4.78, 5) is 28.6. The van der Waals surface area contributed by atoms with Crippen LogP contribution in [0.2, 0.25) is 0 Å². The van der Waals surface area contributed by atoms with Crippen molar-refractivity contribution in [3.63, 3.8) is 0 Å². The van der Waals surface area contributed by atoms with Crippen LogP contribution in [-0.2, 0) is 20.7 Å². The zero-order valence-corrected chi connectivity index (χ0v) is 14.3. The van der Waals surface area contributed by atoms with Gasteiger partial charge in [-0.25, -0.2) is 0 Å². The van der Waals surface area contributed by atoms with Gasteiger partial charge < -0.3 is 14.6 Å². The highest BCUT2D eigenvalue weighted by Crippen LogP contribution is 2.44. The second-order valence-corrected chi connectivity index (χ2v) is 7.10. The predicted molar refractivity (Wildman–Crippen MR) is 85.1 cm³/mol. The monoisotopic (exact) mass is 335 g/mol.